The van der Waals surface area contributed by atoms with Crippen LogP contribution in [-0.4, -0.2) is 24.7 Å². The van der Waals surface area contributed by atoms with Crippen molar-refractivity contribution < 1.29 is 0 Å². The van der Waals surface area contributed by atoms with Crippen LogP contribution < -0.4 is 0 Å². The fraction of sp³-hybridized carbons (Fsp3) is 0.143. The molecule has 2 aromatic rings. The fourth-order valence-corrected chi connectivity index (χ4v) is 1.93. The average molecular weight is 319 g/mol. The first-order valence-electron chi connectivity index (χ1n) is 3.76. The monoisotopic (exact) mass is 317 g/mol. The summed E-state index contributed by atoms with van der Waals surface area (Å²) in [5.41, 5.74) is 0.839. The highest BCUT2D eigenvalue weighted by Crippen LogP contribution is 2.11. The Kier molecular flexibility index (Phi) is 2.87. The van der Waals surface area contributed by atoms with Gasteiger partial charge in [-0.15, -0.1) is 5.10 Å². The van der Waals surface area contributed by atoms with Crippen molar-refractivity contribution in [3.8, 4) is 0 Å². The van der Waals surface area contributed by atoms with Crippen LogP contribution in [0.5, 0.6) is 0 Å². The van der Waals surface area contributed by atoms with Gasteiger partial charge in [-0.1, -0.05) is 0 Å². The number of hydrogen-bond donors (Lipinski definition) is 0. The van der Waals surface area contributed by atoms with Crippen LogP contribution >= 0.6 is 31.9 Å². The second-order valence-electron chi connectivity index (χ2n) is 2.50. The Labute approximate surface area is 96.9 Å². The molecule has 0 aliphatic rings. The van der Waals surface area contributed by atoms with Gasteiger partial charge < -0.3 is 0 Å². The third kappa shape index (κ3) is 2.16. The van der Waals surface area contributed by atoms with E-state index in [-0.39, 0.29) is 0 Å². The number of halogens is 2. The van der Waals surface area contributed by atoms with Gasteiger partial charge in [-0.25, -0.2) is 4.68 Å². The third-order valence-corrected chi connectivity index (χ3v) is 2.45. The molecule has 14 heavy (non-hydrogen) atoms. The molecule has 0 fully saturated rings. The van der Waals surface area contributed by atoms with E-state index in [4.69, 9.17) is 0 Å². The second kappa shape index (κ2) is 4.14. The van der Waals surface area contributed by atoms with Crippen molar-refractivity contribution in [3.05, 3.63) is 33.8 Å². The first-order valence-corrected chi connectivity index (χ1v) is 5.35. The Morgan fingerprint density at radius 2 is 2.14 bits per heavy atom. The van der Waals surface area contributed by atoms with E-state index in [0.717, 1.165) is 5.69 Å². The minimum atomic E-state index is 0.549. The standard InChI is InChI=1S/C7H5Br2N5/c8-6-12-7(9)14(13-6)4-5-3-10-1-2-11-5/h1-3H,4H2. The SMILES string of the molecule is Brc1nc(Br)n(Cc2cnccn2)n1. The number of hydrogen-bond acceptors (Lipinski definition) is 4. The predicted molar refractivity (Wildman–Crippen MR) is 56.6 cm³/mol. The summed E-state index contributed by atoms with van der Waals surface area (Å²) in [5.74, 6) is 0. The molecular formula is C7H5Br2N5. The molecule has 2 aromatic heterocycles. The number of nitrogens with zero attached hydrogens (tertiary/aromatic N) is 5. The third-order valence-electron chi connectivity index (χ3n) is 1.53. The van der Waals surface area contributed by atoms with Crippen molar-refractivity contribution in [2.75, 3.05) is 0 Å². The average Bonchev–Trinajstić information content (AvgIpc) is 2.47. The zero-order valence-corrected chi connectivity index (χ0v) is 10.1. The summed E-state index contributed by atoms with van der Waals surface area (Å²) >= 11 is 6.47. The van der Waals surface area contributed by atoms with Crippen molar-refractivity contribution in [2.24, 2.45) is 0 Å². The van der Waals surface area contributed by atoms with Crippen LogP contribution in [0.2, 0.25) is 0 Å². The zero-order valence-electron chi connectivity index (χ0n) is 6.93. The molecule has 0 amide bonds. The van der Waals surface area contributed by atoms with Crippen LogP contribution in [0.15, 0.2) is 28.1 Å². The van der Waals surface area contributed by atoms with E-state index in [9.17, 15) is 0 Å². The fourth-order valence-electron chi connectivity index (χ4n) is 0.963. The van der Waals surface area contributed by atoms with Crippen LogP contribution in [0.4, 0.5) is 0 Å². The van der Waals surface area contributed by atoms with E-state index in [1.54, 1.807) is 23.3 Å². The molecule has 0 saturated heterocycles. The molecule has 0 spiro atoms. The van der Waals surface area contributed by atoms with Crippen LogP contribution in [0.1, 0.15) is 5.69 Å². The van der Waals surface area contributed by atoms with Crippen molar-refractivity contribution in [3.63, 3.8) is 0 Å². The predicted octanol–water partition coefficient (Wildman–Crippen LogP) is 1.64. The summed E-state index contributed by atoms with van der Waals surface area (Å²) < 4.78 is 2.90. The number of aromatic nitrogens is 5. The van der Waals surface area contributed by atoms with Gasteiger partial charge in [0.25, 0.3) is 0 Å². The van der Waals surface area contributed by atoms with Crippen LogP contribution in [0, 0.1) is 0 Å². The second-order valence-corrected chi connectivity index (χ2v) is 3.92. The molecule has 5 nitrogen and oxygen atoms in total. The highest BCUT2D eigenvalue weighted by atomic mass is 79.9. The topological polar surface area (TPSA) is 56.5 Å². The molecule has 0 radical (unpaired) electrons. The Bertz CT molecular complexity index is 427. The molecule has 0 bridgehead atoms. The maximum absolute atomic E-state index is 4.14. The molecule has 2 heterocycles. The van der Waals surface area contributed by atoms with Gasteiger partial charge in [0, 0.05) is 12.4 Å². The Morgan fingerprint density at radius 1 is 1.29 bits per heavy atom. The van der Waals surface area contributed by atoms with Gasteiger partial charge in [0.2, 0.25) is 4.73 Å². The van der Waals surface area contributed by atoms with Gasteiger partial charge in [0.1, 0.15) is 0 Å². The smallest absolute Gasteiger partial charge is 0.218 e. The molecule has 0 N–H and O–H groups in total. The number of rotatable bonds is 2. The minimum absolute atomic E-state index is 0.549. The van der Waals surface area contributed by atoms with E-state index >= 15 is 0 Å². The quantitative estimate of drug-likeness (QED) is 0.844. The molecule has 0 aliphatic carbocycles. The van der Waals surface area contributed by atoms with Gasteiger partial charge in [0.15, 0.2) is 4.73 Å². The summed E-state index contributed by atoms with van der Waals surface area (Å²) in [6.45, 7) is 0.549. The normalized spacial score (nSPS) is 10.4. The molecule has 7 heteroatoms. The summed E-state index contributed by atoms with van der Waals surface area (Å²) in [5, 5.41) is 4.11. The van der Waals surface area contributed by atoms with E-state index in [1.807, 2.05) is 0 Å². The lowest BCUT2D eigenvalue weighted by molar-refractivity contribution is 0.649. The highest BCUT2D eigenvalue weighted by molar-refractivity contribution is 9.11. The zero-order chi connectivity index (χ0) is 9.97. The molecule has 0 aromatic carbocycles. The lowest BCUT2D eigenvalue weighted by Crippen LogP contribution is -2.04. The molecular weight excluding hydrogens is 314 g/mol. The Balaban J connectivity index is 2.23. The van der Waals surface area contributed by atoms with Crippen molar-refractivity contribution in [1.29, 1.82) is 0 Å². The van der Waals surface area contributed by atoms with Crippen LogP contribution in [0.25, 0.3) is 0 Å². The maximum Gasteiger partial charge on any atom is 0.218 e. The van der Waals surface area contributed by atoms with E-state index in [0.29, 0.717) is 16.0 Å². The molecule has 0 unspecified atom stereocenters. The molecule has 0 atom stereocenters. The molecule has 0 saturated carbocycles. The maximum atomic E-state index is 4.14. The van der Waals surface area contributed by atoms with Crippen molar-refractivity contribution in [1.82, 2.24) is 24.7 Å². The summed E-state index contributed by atoms with van der Waals surface area (Å²) in [6.07, 6.45) is 4.98. The van der Waals surface area contributed by atoms with Crippen LogP contribution in [0.3, 0.4) is 0 Å². The molecule has 2 rings (SSSR count). The first-order chi connectivity index (χ1) is 6.75. The van der Waals surface area contributed by atoms with Crippen molar-refractivity contribution in [2.45, 2.75) is 6.54 Å². The molecule has 0 aliphatic heterocycles. The summed E-state index contributed by atoms with van der Waals surface area (Å²) in [6, 6.07) is 0. The largest absolute Gasteiger partial charge is 0.261 e. The van der Waals surface area contributed by atoms with E-state index in [1.165, 1.54) is 0 Å². The van der Waals surface area contributed by atoms with Gasteiger partial charge in [-0.2, -0.15) is 4.98 Å². The lowest BCUT2D eigenvalue weighted by Gasteiger charge is -1.99. The van der Waals surface area contributed by atoms with Crippen LogP contribution in [-0.2, 0) is 6.54 Å². The summed E-state index contributed by atoms with van der Waals surface area (Å²) in [4.78, 5) is 12.1. The van der Waals surface area contributed by atoms with Gasteiger partial charge in [0.05, 0.1) is 18.4 Å². The van der Waals surface area contributed by atoms with Crippen molar-refractivity contribution >= 4 is 31.9 Å². The first kappa shape index (κ1) is 9.72. The Hall–Kier alpha value is -0.820. The highest BCUT2D eigenvalue weighted by Gasteiger charge is 2.05. The Morgan fingerprint density at radius 3 is 2.71 bits per heavy atom. The molecule has 72 valence electrons. The van der Waals surface area contributed by atoms with Gasteiger partial charge >= 0.3 is 0 Å². The van der Waals surface area contributed by atoms with E-state index in [2.05, 4.69) is 51.9 Å². The minimum Gasteiger partial charge on any atom is -0.261 e. The summed E-state index contributed by atoms with van der Waals surface area (Å²) in [7, 11) is 0. The van der Waals surface area contributed by atoms with Gasteiger partial charge in [-0.3, -0.25) is 9.97 Å². The lowest BCUT2D eigenvalue weighted by atomic mass is 10.4. The van der Waals surface area contributed by atoms with Gasteiger partial charge in [-0.05, 0) is 31.9 Å². The van der Waals surface area contributed by atoms with E-state index < -0.39 is 0 Å².